The Kier molecular flexibility index (Phi) is 5.35. The highest BCUT2D eigenvalue weighted by Gasteiger charge is 2.12. The molecule has 2 aromatic heterocycles. The van der Waals surface area contributed by atoms with Crippen LogP contribution in [0.5, 0.6) is 0 Å². The number of aromatic nitrogens is 2. The number of aryl methyl sites for hydroxylation is 1. The SMILES string of the molecule is CCc1cc2c(NC(C)CCS(C)=O)nc(Cl)nc2s1. The summed E-state index contributed by atoms with van der Waals surface area (Å²) < 4.78 is 11.1. The van der Waals surface area contributed by atoms with Gasteiger partial charge in [0, 0.05) is 33.7 Å². The topological polar surface area (TPSA) is 54.9 Å². The van der Waals surface area contributed by atoms with Crippen molar-refractivity contribution < 1.29 is 4.21 Å². The monoisotopic (exact) mass is 331 g/mol. The lowest BCUT2D eigenvalue weighted by Crippen LogP contribution is -2.18. The maximum atomic E-state index is 11.1. The minimum absolute atomic E-state index is 0.193. The first kappa shape index (κ1) is 15.7. The maximum absolute atomic E-state index is 11.1. The zero-order valence-corrected chi connectivity index (χ0v) is 14.2. The molecule has 2 heterocycles. The van der Waals surface area contributed by atoms with E-state index in [0.29, 0.717) is 5.75 Å². The van der Waals surface area contributed by atoms with E-state index >= 15 is 0 Å². The summed E-state index contributed by atoms with van der Waals surface area (Å²) in [5, 5.41) is 4.63. The van der Waals surface area contributed by atoms with Crippen LogP contribution in [0.4, 0.5) is 5.82 Å². The molecule has 0 saturated heterocycles. The van der Waals surface area contributed by atoms with Gasteiger partial charge in [-0.15, -0.1) is 11.3 Å². The molecule has 0 radical (unpaired) electrons. The van der Waals surface area contributed by atoms with Gasteiger partial charge in [-0.2, -0.15) is 0 Å². The third kappa shape index (κ3) is 3.90. The first-order valence-corrected chi connectivity index (χ1v) is 9.44. The fraction of sp³-hybridized carbons (Fsp3) is 0.538. The van der Waals surface area contributed by atoms with Gasteiger partial charge in [0.1, 0.15) is 10.6 Å². The van der Waals surface area contributed by atoms with Crippen LogP contribution in [0.3, 0.4) is 0 Å². The van der Waals surface area contributed by atoms with Gasteiger partial charge in [-0.1, -0.05) is 6.92 Å². The highest BCUT2D eigenvalue weighted by Crippen LogP contribution is 2.30. The highest BCUT2D eigenvalue weighted by molar-refractivity contribution is 7.84. The summed E-state index contributed by atoms with van der Waals surface area (Å²) in [4.78, 5) is 10.7. The van der Waals surface area contributed by atoms with Crippen LogP contribution >= 0.6 is 22.9 Å². The van der Waals surface area contributed by atoms with Crippen LogP contribution in [0, 0.1) is 0 Å². The normalized spacial score (nSPS) is 14.4. The molecule has 0 fully saturated rings. The second-order valence-electron chi connectivity index (χ2n) is 4.74. The Morgan fingerprint density at radius 3 is 2.90 bits per heavy atom. The molecule has 4 nitrogen and oxygen atoms in total. The molecular formula is C13H18ClN3OS2. The van der Waals surface area contributed by atoms with Crippen LogP contribution in [0.2, 0.25) is 5.28 Å². The Morgan fingerprint density at radius 2 is 2.25 bits per heavy atom. The van der Waals surface area contributed by atoms with Crippen molar-refractivity contribution in [1.82, 2.24) is 9.97 Å². The van der Waals surface area contributed by atoms with Gasteiger partial charge in [0.2, 0.25) is 5.28 Å². The molecule has 20 heavy (non-hydrogen) atoms. The predicted octanol–water partition coefficient (Wildman–Crippen LogP) is 3.48. The smallest absolute Gasteiger partial charge is 0.225 e. The highest BCUT2D eigenvalue weighted by atomic mass is 35.5. The molecule has 0 bridgehead atoms. The molecular weight excluding hydrogens is 314 g/mol. The van der Waals surface area contributed by atoms with E-state index in [-0.39, 0.29) is 11.3 Å². The van der Waals surface area contributed by atoms with Gasteiger partial charge in [-0.25, -0.2) is 9.97 Å². The van der Waals surface area contributed by atoms with Gasteiger partial charge in [-0.3, -0.25) is 4.21 Å². The summed E-state index contributed by atoms with van der Waals surface area (Å²) in [5.41, 5.74) is 0. The van der Waals surface area contributed by atoms with Crippen LogP contribution in [-0.4, -0.2) is 32.2 Å². The lowest BCUT2D eigenvalue weighted by atomic mass is 10.2. The number of rotatable bonds is 6. The quantitative estimate of drug-likeness (QED) is 0.823. The number of hydrogen-bond acceptors (Lipinski definition) is 5. The first-order valence-electron chi connectivity index (χ1n) is 6.52. The fourth-order valence-electron chi connectivity index (χ4n) is 1.88. The first-order chi connectivity index (χ1) is 9.49. The molecule has 0 aliphatic heterocycles. The largest absolute Gasteiger partial charge is 0.367 e. The Labute approximate surface area is 130 Å². The summed E-state index contributed by atoms with van der Waals surface area (Å²) in [6, 6.07) is 2.31. The van der Waals surface area contributed by atoms with Gasteiger partial charge in [-0.05, 0) is 37.4 Å². The molecule has 0 spiro atoms. The molecule has 7 heteroatoms. The number of nitrogens with zero attached hydrogens (tertiary/aromatic N) is 2. The molecule has 0 aromatic carbocycles. The minimum Gasteiger partial charge on any atom is -0.367 e. The van der Waals surface area contributed by atoms with E-state index in [9.17, 15) is 4.21 Å². The fourth-order valence-corrected chi connectivity index (χ4v) is 3.75. The van der Waals surface area contributed by atoms with Gasteiger partial charge < -0.3 is 5.32 Å². The lowest BCUT2D eigenvalue weighted by Gasteiger charge is -2.14. The Hall–Kier alpha value is -0.720. The van der Waals surface area contributed by atoms with E-state index in [1.165, 1.54) is 4.88 Å². The van der Waals surface area contributed by atoms with Crippen LogP contribution in [0.15, 0.2) is 6.07 Å². The third-order valence-electron chi connectivity index (χ3n) is 2.99. The number of nitrogens with one attached hydrogen (secondary N) is 1. The zero-order chi connectivity index (χ0) is 14.7. The van der Waals surface area contributed by atoms with Crippen molar-refractivity contribution >= 4 is 49.8 Å². The van der Waals surface area contributed by atoms with E-state index in [1.807, 2.05) is 0 Å². The van der Waals surface area contributed by atoms with Gasteiger partial charge >= 0.3 is 0 Å². The second-order valence-corrected chi connectivity index (χ2v) is 7.75. The van der Waals surface area contributed by atoms with E-state index in [2.05, 4.69) is 35.2 Å². The Bertz CT molecular complexity index is 629. The van der Waals surface area contributed by atoms with Crippen molar-refractivity contribution in [2.24, 2.45) is 0 Å². The Balaban J connectivity index is 2.24. The number of thiophene rings is 1. The summed E-state index contributed by atoms with van der Waals surface area (Å²) >= 11 is 7.63. The van der Waals surface area contributed by atoms with E-state index in [4.69, 9.17) is 11.6 Å². The third-order valence-corrected chi connectivity index (χ3v) is 5.14. The Morgan fingerprint density at radius 1 is 1.50 bits per heavy atom. The second kappa shape index (κ2) is 6.83. The molecule has 1 N–H and O–H groups in total. The van der Waals surface area contributed by atoms with Crippen molar-refractivity contribution in [2.75, 3.05) is 17.3 Å². The molecule has 0 aliphatic carbocycles. The van der Waals surface area contributed by atoms with Crippen LogP contribution in [0.25, 0.3) is 10.2 Å². The number of anilines is 1. The molecule has 2 atom stereocenters. The molecule has 0 saturated carbocycles. The van der Waals surface area contributed by atoms with Gasteiger partial charge in [0.15, 0.2) is 0 Å². The molecule has 0 aliphatic rings. The van der Waals surface area contributed by atoms with E-state index in [0.717, 1.165) is 28.9 Å². The van der Waals surface area contributed by atoms with Crippen molar-refractivity contribution in [3.63, 3.8) is 0 Å². The van der Waals surface area contributed by atoms with Crippen molar-refractivity contribution in [3.05, 3.63) is 16.2 Å². The van der Waals surface area contributed by atoms with E-state index < -0.39 is 10.8 Å². The minimum atomic E-state index is -0.770. The van der Waals surface area contributed by atoms with Crippen molar-refractivity contribution in [2.45, 2.75) is 32.7 Å². The standard InChI is InChI=1S/C13H18ClN3OS2/c1-4-9-7-10-11(15-8(2)5-6-20(3)18)16-13(14)17-12(10)19-9/h7-8H,4-6H2,1-3H3,(H,15,16,17). The molecule has 110 valence electrons. The van der Waals surface area contributed by atoms with Crippen molar-refractivity contribution in [3.8, 4) is 0 Å². The predicted molar refractivity (Wildman–Crippen MR) is 88.4 cm³/mol. The van der Waals surface area contributed by atoms with Gasteiger partial charge in [0.25, 0.3) is 0 Å². The molecule has 2 aromatic rings. The maximum Gasteiger partial charge on any atom is 0.225 e. The summed E-state index contributed by atoms with van der Waals surface area (Å²) in [6.45, 7) is 4.17. The number of hydrogen-bond donors (Lipinski definition) is 1. The van der Waals surface area contributed by atoms with Crippen LogP contribution < -0.4 is 5.32 Å². The molecule has 2 unspecified atom stereocenters. The zero-order valence-electron chi connectivity index (χ0n) is 11.8. The summed E-state index contributed by atoms with van der Waals surface area (Å²) in [7, 11) is -0.770. The van der Waals surface area contributed by atoms with Crippen LogP contribution in [-0.2, 0) is 17.2 Å². The molecule has 0 amide bonds. The van der Waals surface area contributed by atoms with Crippen LogP contribution in [0.1, 0.15) is 25.1 Å². The summed E-state index contributed by atoms with van der Waals surface area (Å²) in [5.74, 6) is 1.45. The summed E-state index contributed by atoms with van der Waals surface area (Å²) in [6.07, 6.45) is 3.53. The van der Waals surface area contributed by atoms with Gasteiger partial charge in [0.05, 0.1) is 5.39 Å². The van der Waals surface area contributed by atoms with E-state index in [1.54, 1.807) is 17.6 Å². The molecule has 2 rings (SSSR count). The van der Waals surface area contributed by atoms with Crippen molar-refractivity contribution in [1.29, 1.82) is 0 Å². The number of halogens is 1. The average molecular weight is 332 g/mol. The number of fused-ring (bicyclic) bond motifs is 1. The lowest BCUT2D eigenvalue weighted by molar-refractivity contribution is 0.678. The average Bonchev–Trinajstić information content (AvgIpc) is 2.79.